The Kier molecular flexibility index (Phi) is 17.6. The van der Waals surface area contributed by atoms with E-state index in [0.717, 1.165) is 0 Å². The van der Waals surface area contributed by atoms with Crippen LogP contribution in [0, 0.1) is 0 Å². The van der Waals surface area contributed by atoms with E-state index in [4.69, 9.17) is 37.6 Å². The van der Waals surface area contributed by atoms with Gasteiger partial charge in [-0.2, -0.15) is 25.3 Å². The molecule has 0 rings (SSSR count). The summed E-state index contributed by atoms with van der Waals surface area (Å²) in [5, 5.41) is 32.0. The Morgan fingerprint density at radius 2 is 0.957 bits per heavy atom. The van der Waals surface area contributed by atoms with E-state index >= 15 is 0 Å². The third-order valence-electron chi connectivity index (χ3n) is 1.74. The van der Waals surface area contributed by atoms with E-state index in [9.17, 15) is 19.2 Å². The van der Waals surface area contributed by atoms with Crippen molar-refractivity contribution in [2.45, 2.75) is 24.5 Å². The molecule has 0 aromatic heterocycles. The topological polar surface area (TPSA) is 227 Å². The van der Waals surface area contributed by atoms with Crippen molar-refractivity contribution in [1.29, 1.82) is 0 Å². The first-order chi connectivity index (χ1) is 10.4. The summed E-state index contributed by atoms with van der Waals surface area (Å²) in [5.74, 6) is -4.13. The molecular weight excluding hydrogens is 354 g/mol. The van der Waals surface area contributed by atoms with Gasteiger partial charge < -0.3 is 37.6 Å². The number of aliphatic carboxylic acids is 4. The van der Waals surface area contributed by atoms with Gasteiger partial charge in [-0.15, -0.1) is 0 Å². The number of thiol groups is 2. The monoisotopic (exact) mass is 375 g/mol. The molecule has 10 N–H and O–H groups in total. The van der Waals surface area contributed by atoms with Crippen LogP contribution in [0.1, 0.15) is 6.42 Å². The van der Waals surface area contributed by atoms with E-state index in [1.54, 1.807) is 0 Å². The van der Waals surface area contributed by atoms with Gasteiger partial charge in [0.2, 0.25) is 0 Å². The third kappa shape index (κ3) is 20.5. The summed E-state index contributed by atoms with van der Waals surface area (Å²) in [4.78, 5) is 39.1. The molecule has 23 heavy (non-hydrogen) atoms. The number of rotatable bonds is 7. The molecule has 0 fully saturated rings. The molecule has 0 heterocycles. The minimum atomic E-state index is -1.29. The lowest BCUT2D eigenvalue weighted by Crippen LogP contribution is -2.32. The largest absolute Gasteiger partial charge is 0.481 e. The van der Waals surface area contributed by atoms with Gasteiger partial charge in [0.1, 0.15) is 18.1 Å². The Morgan fingerprint density at radius 1 is 0.696 bits per heavy atom. The van der Waals surface area contributed by atoms with Crippen LogP contribution in [0.3, 0.4) is 0 Å². The molecule has 0 spiro atoms. The van der Waals surface area contributed by atoms with Crippen molar-refractivity contribution in [3.05, 3.63) is 0 Å². The highest BCUT2D eigenvalue weighted by Crippen LogP contribution is 1.86. The molecule has 0 unspecified atom stereocenters. The van der Waals surface area contributed by atoms with E-state index in [0.29, 0.717) is 0 Å². The molecule has 0 aliphatic carbocycles. The maximum Gasteiger partial charge on any atom is 0.321 e. The van der Waals surface area contributed by atoms with Crippen LogP contribution < -0.4 is 17.2 Å². The van der Waals surface area contributed by atoms with Crippen LogP contribution in [0.2, 0.25) is 0 Å². The second-order valence-electron chi connectivity index (χ2n) is 3.80. The van der Waals surface area contributed by atoms with E-state index < -0.39 is 48.4 Å². The predicted octanol–water partition coefficient (Wildman–Crippen LogP) is -2.47. The second-order valence-corrected chi connectivity index (χ2v) is 4.53. The summed E-state index contributed by atoms with van der Waals surface area (Å²) < 4.78 is 0. The predicted molar refractivity (Wildman–Crippen MR) is 86.8 cm³/mol. The molecule has 0 amide bonds. The number of hydrogen-bond acceptors (Lipinski definition) is 9. The van der Waals surface area contributed by atoms with Crippen molar-refractivity contribution >= 4 is 49.1 Å². The molecule has 0 saturated carbocycles. The number of nitrogens with two attached hydrogens (primary N) is 3. The number of carboxylic acids is 4. The second kappa shape index (κ2) is 15.4. The van der Waals surface area contributed by atoms with Crippen LogP contribution in [0.25, 0.3) is 0 Å². The van der Waals surface area contributed by atoms with E-state index in [2.05, 4.69) is 25.3 Å². The third-order valence-corrected chi connectivity index (χ3v) is 2.53. The molecule has 0 aromatic carbocycles. The molecule has 0 bridgehead atoms. The normalized spacial score (nSPS) is 13.1. The fourth-order valence-electron chi connectivity index (χ4n) is 0.432. The van der Waals surface area contributed by atoms with Crippen LogP contribution in [0.4, 0.5) is 0 Å². The van der Waals surface area contributed by atoms with Gasteiger partial charge >= 0.3 is 23.9 Å². The zero-order valence-electron chi connectivity index (χ0n) is 11.9. The highest BCUT2D eigenvalue weighted by molar-refractivity contribution is 7.80. The molecule has 3 atom stereocenters. The smallest absolute Gasteiger partial charge is 0.321 e. The van der Waals surface area contributed by atoms with Crippen LogP contribution in [0.5, 0.6) is 0 Å². The molecule has 13 heteroatoms. The minimum absolute atomic E-state index is 0.190. The summed E-state index contributed by atoms with van der Waals surface area (Å²) in [6.07, 6.45) is -0.532. The zero-order chi connectivity index (χ0) is 19.2. The van der Waals surface area contributed by atoms with Gasteiger partial charge in [0.25, 0.3) is 0 Å². The lowest BCUT2D eigenvalue weighted by Gasteiger charge is -1.99. The summed E-state index contributed by atoms with van der Waals surface area (Å²) in [6.45, 7) is 0. The lowest BCUT2D eigenvalue weighted by atomic mass is 10.2. The SMILES string of the molecule is N[C@@H](CC(=O)O)C(=O)O.N[C@@H](CS)C(=O)O.N[C@@H](CS)C(=O)O. The van der Waals surface area contributed by atoms with Crippen molar-refractivity contribution in [3.8, 4) is 0 Å². The lowest BCUT2D eigenvalue weighted by molar-refractivity contribution is -0.144. The maximum absolute atomic E-state index is 9.85. The molecular formula is C10H21N3O8S2. The number of carbonyl (C=O) groups is 4. The van der Waals surface area contributed by atoms with Gasteiger partial charge in [-0.1, -0.05) is 0 Å². The van der Waals surface area contributed by atoms with Gasteiger partial charge in [0.15, 0.2) is 0 Å². The molecule has 0 aromatic rings. The standard InChI is InChI=1S/C4H7NO4.2C3H7NO2S/c5-2(4(8)9)1-3(6)7;2*4-2(1-7)3(5)6/h2H,1,5H2,(H,6,7)(H,8,9);2*2,7H,1,4H2,(H,5,6)/t3*2-/m000/s1. The Morgan fingerprint density at radius 3 is 1.00 bits per heavy atom. The molecule has 0 aliphatic rings. The van der Waals surface area contributed by atoms with Crippen LogP contribution in [-0.4, -0.2) is 73.9 Å². The van der Waals surface area contributed by atoms with Crippen LogP contribution in [0.15, 0.2) is 0 Å². The highest BCUT2D eigenvalue weighted by atomic mass is 32.1. The van der Waals surface area contributed by atoms with Crippen molar-refractivity contribution < 1.29 is 39.6 Å². The summed E-state index contributed by atoms with van der Waals surface area (Å²) in [7, 11) is 0. The van der Waals surface area contributed by atoms with E-state index in [1.165, 1.54) is 0 Å². The summed E-state index contributed by atoms with van der Waals surface area (Å²) in [5.41, 5.74) is 14.7. The fraction of sp³-hybridized carbons (Fsp3) is 0.600. The Bertz CT molecular complexity index is 376. The molecule has 136 valence electrons. The highest BCUT2D eigenvalue weighted by Gasteiger charge is 2.14. The minimum Gasteiger partial charge on any atom is -0.481 e. The van der Waals surface area contributed by atoms with Crippen molar-refractivity contribution in [2.75, 3.05) is 11.5 Å². The number of carboxylic acid groups (broad SMARTS) is 4. The van der Waals surface area contributed by atoms with Crippen LogP contribution >= 0.6 is 25.3 Å². The Hall–Kier alpha value is -1.54. The molecule has 11 nitrogen and oxygen atoms in total. The zero-order valence-corrected chi connectivity index (χ0v) is 13.7. The first-order valence-corrected chi connectivity index (χ1v) is 7.05. The summed E-state index contributed by atoms with van der Waals surface area (Å²) in [6, 6.07) is -2.92. The fourth-order valence-corrected chi connectivity index (χ4v) is 0.744. The molecule has 0 saturated heterocycles. The van der Waals surface area contributed by atoms with E-state index in [-0.39, 0.29) is 11.5 Å². The maximum atomic E-state index is 9.85. The Labute approximate surface area is 142 Å². The van der Waals surface area contributed by atoms with Gasteiger partial charge in [-0.25, -0.2) is 0 Å². The van der Waals surface area contributed by atoms with Gasteiger partial charge in [-0.3, -0.25) is 19.2 Å². The number of hydrogen-bond donors (Lipinski definition) is 9. The summed E-state index contributed by atoms with van der Waals surface area (Å²) >= 11 is 7.30. The average Bonchev–Trinajstić information content (AvgIpc) is 2.45. The van der Waals surface area contributed by atoms with E-state index in [1.807, 2.05) is 0 Å². The quantitative estimate of drug-likeness (QED) is 0.212. The first kappa shape index (κ1) is 26.4. The van der Waals surface area contributed by atoms with Gasteiger partial charge in [0.05, 0.1) is 6.42 Å². The molecule has 0 radical (unpaired) electrons. The molecule has 0 aliphatic heterocycles. The van der Waals surface area contributed by atoms with Crippen LogP contribution in [-0.2, 0) is 19.2 Å². The van der Waals surface area contributed by atoms with Gasteiger partial charge in [-0.05, 0) is 0 Å². The Balaban J connectivity index is -0.000000264. The van der Waals surface area contributed by atoms with Crippen molar-refractivity contribution in [2.24, 2.45) is 17.2 Å². The van der Waals surface area contributed by atoms with Gasteiger partial charge in [0, 0.05) is 11.5 Å². The van der Waals surface area contributed by atoms with Crippen molar-refractivity contribution in [1.82, 2.24) is 0 Å². The first-order valence-electron chi connectivity index (χ1n) is 5.79. The van der Waals surface area contributed by atoms with Crippen molar-refractivity contribution in [3.63, 3.8) is 0 Å². The average molecular weight is 375 g/mol.